The van der Waals surface area contributed by atoms with Gasteiger partial charge in [0.1, 0.15) is 23.7 Å². The molecule has 154 valence electrons. The molecule has 0 saturated carbocycles. The SMILES string of the molecule is CN(C)CCNCC[C@@H](Oc1cc(Cl)c(F)cc1C#N)c1ccccc1.Cl.Cl. The van der Waals surface area contributed by atoms with Gasteiger partial charge in [-0.1, -0.05) is 41.9 Å². The molecule has 0 aliphatic carbocycles. The van der Waals surface area contributed by atoms with Gasteiger partial charge >= 0.3 is 0 Å². The Morgan fingerprint density at radius 1 is 1.18 bits per heavy atom. The fourth-order valence-electron chi connectivity index (χ4n) is 2.49. The van der Waals surface area contributed by atoms with Gasteiger partial charge < -0.3 is 15.0 Å². The van der Waals surface area contributed by atoms with Crippen molar-refractivity contribution < 1.29 is 9.13 Å². The molecule has 0 spiro atoms. The van der Waals surface area contributed by atoms with Crippen molar-refractivity contribution in [1.29, 1.82) is 5.26 Å². The van der Waals surface area contributed by atoms with E-state index in [-0.39, 0.29) is 41.5 Å². The number of ether oxygens (including phenoxy) is 1. The average Bonchev–Trinajstić information content (AvgIpc) is 2.63. The van der Waals surface area contributed by atoms with E-state index in [0.717, 1.165) is 31.3 Å². The topological polar surface area (TPSA) is 48.3 Å². The maximum absolute atomic E-state index is 13.6. The first-order valence-electron chi connectivity index (χ1n) is 8.47. The van der Waals surface area contributed by atoms with Crippen LogP contribution in [0.1, 0.15) is 23.7 Å². The Morgan fingerprint density at radius 3 is 2.46 bits per heavy atom. The normalized spacial score (nSPS) is 11.1. The van der Waals surface area contributed by atoms with Gasteiger partial charge in [-0.15, -0.1) is 24.8 Å². The zero-order valence-electron chi connectivity index (χ0n) is 15.8. The van der Waals surface area contributed by atoms with Crippen molar-refractivity contribution in [1.82, 2.24) is 10.2 Å². The largest absolute Gasteiger partial charge is 0.484 e. The highest BCUT2D eigenvalue weighted by Gasteiger charge is 2.17. The molecular weight excluding hydrogens is 424 g/mol. The van der Waals surface area contributed by atoms with Crippen LogP contribution in [-0.4, -0.2) is 38.6 Å². The first kappa shape index (κ1) is 26.4. The molecule has 0 aliphatic rings. The molecule has 0 heterocycles. The minimum atomic E-state index is -0.628. The number of likely N-dealkylation sites (N-methyl/N-ethyl adjacent to an activating group) is 1. The Kier molecular flexibility index (Phi) is 12.8. The summed E-state index contributed by atoms with van der Waals surface area (Å²) in [6.45, 7) is 2.58. The predicted molar refractivity (Wildman–Crippen MR) is 116 cm³/mol. The number of benzene rings is 2. The molecule has 2 rings (SSSR count). The summed E-state index contributed by atoms with van der Waals surface area (Å²) in [5.74, 6) is -0.335. The van der Waals surface area contributed by atoms with Crippen LogP contribution in [0.25, 0.3) is 0 Å². The summed E-state index contributed by atoms with van der Waals surface area (Å²) in [6, 6.07) is 14.2. The summed E-state index contributed by atoms with van der Waals surface area (Å²) < 4.78 is 19.7. The second kappa shape index (κ2) is 13.6. The average molecular weight is 449 g/mol. The van der Waals surface area contributed by atoms with Gasteiger partial charge in [0, 0.05) is 25.6 Å². The van der Waals surface area contributed by atoms with Crippen LogP contribution in [0, 0.1) is 17.1 Å². The molecule has 28 heavy (non-hydrogen) atoms. The molecule has 0 fully saturated rings. The number of nitriles is 1. The maximum Gasteiger partial charge on any atom is 0.143 e. The Bertz CT molecular complexity index is 754. The third kappa shape index (κ3) is 8.22. The van der Waals surface area contributed by atoms with E-state index in [2.05, 4.69) is 10.2 Å². The second-order valence-corrected chi connectivity index (χ2v) is 6.64. The fraction of sp³-hybridized carbons (Fsp3) is 0.350. The van der Waals surface area contributed by atoms with Crippen molar-refractivity contribution in [2.45, 2.75) is 12.5 Å². The van der Waals surface area contributed by atoms with E-state index in [1.807, 2.05) is 50.5 Å². The Morgan fingerprint density at radius 2 is 1.86 bits per heavy atom. The lowest BCUT2D eigenvalue weighted by molar-refractivity contribution is 0.193. The van der Waals surface area contributed by atoms with Crippen LogP contribution in [-0.2, 0) is 0 Å². The molecule has 0 unspecified atom stereocenters. The predicted octanol–water partition coefficient (Wildman–Crippen LogP) is 4.86. The summed E-state index contributed by atoms with van der Waals surface area (Å²) in [4.78, 5) is 2.11. The van der Waals surface area contributed by atoms with Crippen molar-refractivity contribution in [3.63, 3.8) is 0 Å². The van der Waals surface area contributed by atoms with E-state index >= 15 is 0 Å². The summed E-state index contributed by atoms with van der Waals surface area (Å²) in [5, 5.41) is 12.6. The maximum atomic E-state index is 13.6. The number of hydrogen-bond donors (Lipinski definition) is 1. The molecule has 0 radical (unpaired) electrons. The van der Waals surface area contributed by atoms with Crippen LogP contribution >= 0.6 is 36.4 Å². The summed E-state index contributed by atoms with van der Waals surface area (Å²) in [5.41, 5.74) is 1.12. The molecule has 4 nitrogen and oxygen atoms in total. The molecule has 1 atom stereocenters. The van der Waals surface area contributed by atoms with Crippen LogP contribution < -0.4 is 10.1 Å². The molecule has 1 N–H and O–H groups in total. The number of hydrogen-bond acceptors (Lipinski definition) is 4. The third-order valence-electron chi connectivity index (χ3n) is 3.90. The quantitative estimate of drug-likeness (QED) is 0.557. The number of nitrogens with one attached hydrogen (secondary N) is 1. The van der Waals surface area contributed by atoms with Gasteiger partial charge in [-0.2, -0.15) is 5.26 Å². The lowest BCUT2D eigenvalue weighted by Gasteiger charge is -2.21. The lowest BCUT2D eigenvalue weighted by atomic mass is 10.1. The van der Waals surface area contributed by atoms with E-state index in [0.29, 0.717) is 12.2 Å². The van der Waals surface area contributed by atoms with Crippen LogP contribution in [0.5, 0.6) is 5.75 Å². The van der Waals surface area contributed by atoms with Gasteiger partial charge in [0.25, 0.3) is 0 Å². The van der Waals surface area contributed by atoms with Gasteiger partial charge in [0.2, 0.25) is 0 Å². The first-order valence-corrected chi connectivity index (χ1v) is 8.85. The highest BCUT2D eigenvalue weighted by Crippen LogP contribution is 2.31. The van der Waals surface area contributed by atoms with Crippen LogP contribution in [0.15, 0.2) is 42.5 Å². The summed E-state index contributed by atoms with van der Waals surface area (Å²) in [7, 11) is 4.05. The standard InChI is InChI=1S/C20H23ClFN3O.2ClH/c1-25(2)11-10-24-9-8-19(15-6-4-3-5-7-15)26-20-13-17(21)18(22)12-16(20)14-23;;/h3-7,12-13,19,24H,8-11H2,1-2H3;2*1H/t19-;;/m1../s1. The van der Waals surface area contributed by atoms with Gasteiger partial charge in [-0.25, -0.2) is 4.39 Å². The Balaban J connectivity index is 0.00000364. The number of rotatable bonds is 9. The molecular formula is C20H25Cl3FN3O. The van der Waals surface area contributed by atoms with E-state index in [4.69, 9.17) is 16.3 Å². The van der Waals surface area contributed by atoms with E-state index in [1.54, 1.807) is 0 Å². The van der Waals surface area contributed by atoms with Crippen molar-refractivity contribution in [3.8, 4) is 11.8 Å². The van der Waals surface area contributed by atoms with Gasteiger partial charge in [-0.05, 0) is 32.3 Å². The van der Waals surface area contributed by atoms with Crippen LogP contribution in [0.4, 0.5) is 4.39 Å². The molecule has 2 aromatic rings. The highest BCUT2D eigenvalue weighted by molar-refractivity contribution is 6.30. The van der Waals surface area contributed by atoms with Crippen molar-refractivity contribution in [3.05, 3.63) is 64.4 Å². The Labute approximate surface area is 183 Å². The lowest BCUT2D eigenvalue weighted by Crippen LogP contribution is -2.28. The van der Waals surface area contributed by atoms with Crippen LogP contribution in [0.3, 0.4) is 0 Å². The van der Waals surface area contributed by atoms with E-state index < -0.39 is 5.82 Å². The van der Waals surface area contributed by atoms with Crippen molar-refractivity contribution in [2.75, 3.05) is 33.7 Å². The summed E-state index contributed by atoms with van der Waals surface area (Å²) in [6.07, 6.45) is 0.439. The van der Waals surface area contributed by atoms with Gasteiger partial charge in [0.15, 0.2) is 0 Å². The molecule has 0 saturated heterocycles. The number of halogens is 4. The highest BCUT2D eigenvalue weighted by atomic mass is 35.5. The zero-order valence-corrected chi connectivity index (χ0v) is 18.2. The van der Waals surface area contributed by atoms with Gasteiger partial charge in [0.05, 0.1) is 10.6 Å². The van der Waals surface area contributed by atoms with E-state index in [9.17, 15) is 9.65 Å². The van der Waals surface area contributed by atoms with Gasteiger partial charge in [-0.3, -0.25) is 0 Å². The van der Waals surface area contributed by atoms with Crippen molar-refractivity contribution >= 4 is 36.4 Å². The smallest absolute Gasteiger partial charge is 0.143 e. The molecule has 0 aliphatic heterocycles. The molecule has 0 amide bonds. The first-order chi connectivity index (χ1) is 12.5. The number of nitrogens with zero attached hydrogens (tertiary/aromatic N) is 2. The minimum absolute atomic E-state index is 0. The van der Waals surface area contributed by atoms with Crippen LogP contribution in [0.2, 0.25) is 5.02 Å². The second-order valence-electron chi connectivity index (χ2n) is 6.23. The molecule has 0 bridgehead atoms. The fourth-order valence-corrected chi connectivity index (χ4v) is 2.64. The molecule has 8 heteroatoms. The molecule has 2 aromatic carbocycles. The summed E-state index contributed by atoms with van der Waals surface area (Å²) >= 11 is 5.87. The molecule has 0 aromatic heterocycles. The van der Waals surface area contributed by atoms with E-state index in [1.165, 1.54) is 6.07 Å². The zero-order chi connectivity index (χ0) is 18.9. The van der Waals surface area contributed by atoms with Crippen molar-refractivity contribution in [2.24, 2.45) is 0 Å². The Hall–Kier alpha value is -1.55. The minimum Gasteiger partial charge on any atom is -0.484 e. The third-order valence-corrected chi connectivity index (χ3v) is 4.19. The monoisotopic (exact) mass is 447 g/mol.